The van der Waals surface area contributed by atoms with Crippen LogP contribution in [-0.4, -0.2) is 41.7 Å². The number of hydrogen-bond acceptors (Lipinski definition) is 3. The third-order valence-electron chi connectivity index (χ3n) is 4.17. The average Bonchev–Trinajstić information content (AvgIpc) is 2.59. The first kappa shape index (κ1) is 18.0. The fourth-order valence-electron chi connectivity index (χ4n) is 2.73. The number of urea groups is 1. The molecule has 0 aliphatic carbocycles. The highest BCUT2D eigenvalue weighted by Gasteiger charge is 2.09. The highest BCUT2D eigenvalue weighted by Crippen LogP contribution is 2.19. The fourth-order valence-corrected chi connectivity index (χ4v) is 2.73. The Balaban J connectivity index is 1.99. The molecular weight excluding hydrogens is 304 g/mol. The number of hydrogen-bond donors (Lipinski definition) is 2. The number of rotatable bonds is 7. The number of benzene rings is 1. The maximum atomic E-state index is 12.1. The Labute approximate surface area is 142 Å². The van der Waals surface area contributed by atoms with E-state index in [1.165, 1.54) is 4.57 Å². The topological polar surface area (TPSA) is 66.4 Å². The summed E-state index contributed by atoms with van der Waals surface area (Å²) in [6.45, 7) is 7.89. The fraction of sp³-hybridized carbons (Fsp3) is 0.444. The number of amides is 2. The van der Waals surface area contributed by atoms with Crippen molar-refractivity contribution in [3.63, 3.8) is 0 Å². The van der Waals surface area contributed by atoms with Gasteiger partial charge in [-0.25, -0.2) is 4.79 Å². The lowest BCUT2D eigenvalue weighted by molar-refractivity contribution is 0.250. The first-order chi connectivity index (χ1) is 11.6. The smallest absolute Gasteiger partial charge is 0.319 e. The van der Waals surface area contributed by atoms with Crippen LogP contribution in [0.1, 0.15) is 20.3 Å². The Hall–Kier alpha value is -2.34. The Bertz CT molecular complexity index is 750. The van der Waals surface area contributed by atoms with Crippen molar-refractivity contribution in [3.05, 3.63) is 40.8 Å². The van der Waals surface area contributed by atoms with Crippen LogP contribution in [0.4, 0.5) is 10.5 Å². The lowest BCUT2D eigenvalue weighted by atomic mass is 10.1. The molecule has 0 atom stereocenters. The van der Waals surface area contributed by atoms with Crippen molar-refractivity contribution in [1.29, 1.82) is 0 Å². The van der Waals surface area contributed by atoms with Gasteiger partial charge in [0.15, 0.2) is 0 Å². The molecule has 2 rings (SSSR count). The van der Waals surface area contributed by atoms with E-state index in [1.54, 1.807) is 19.3 Å². The highest BCUT2D eigenvalue weighted by atomic mass is 16.2. The maximum absolute atomic E-state index is 12.1. The van der Waals surface area contributed by atoms with E-state index in [0.29, 0.717) is 17.6 Å². The first-order valence-corrected chi connectivity index (χ1v) is 8.42. The molecule has 0 bridgehead atoms. The molecule has 6 nitrogen and oxygen atoms in total. The second-order valence-corrected chi connectivity index (χ2v) is 5.77. The van der Waals surface area contributed by atoms with Crippen LogP contribution in [0.5, 0.6) is 0 Å². The van der Waals surface area contributed by atoms with Crippen LogP contribution in [-0.2, 0) is 7.05 Å². The Morgan fingerprint density at radius 3 is 2.50 bits per heavy atom. The van der Waals surface area contributed by atoms with Gasteiger partial charge in [-0.3, -0.25) is 4.79 Å². The zero-order valence-electron chi connectivity index (χ0n) is 14.6. The molecule has 1 heterocycles. The number of nitrogens with one attached hydrogen (secondary N) is 2. The zero-order valence-corrected chi connectivity index (χ0v) is 14.6. The van der Waals surface area contributed by atoms with Gasteiger partial charge >= 0.3 is 6.03 Å². The molecule has 0 aliphatic heterocycles. The van der Waals surface area contributed by atoms with E-state index in [9.17, 15) is 9.59 Å². The van der Waals surface area contributed by atoms with Gasteiger partial charge in [-0.15, -0.1) is 0 Å². The minimum absolute atomic E-state index is 0.0734. The van der Waals surface area contributed by atoms with Gasteiger partial charge in [0, 0.05) is 30.6 Å². The van der Waals surface area contributed by atoms with Gasteiger partial charge in [-0.2, -0.15) is 0 Å². The number of anilines is 1. The van der Waals surface area contributed by atoms with Crippen molar-refractivity contribution in [2.45, 2.75) is 20.3 Å². The summed E-state index contributed by atoms with van der Waals surface area (Å²) >= 11 is 0. The number of nitrogens with zero attached hydrogens (tertiary/aromatic N) is 2. The van der Waals surface area contributed by atoms with Crippen molar-refractivity contribution in [3.8, 4) is 0 Å². The van der Waals surface area contributed by atoms with Crippen LogP contribution in [0.15, 0.2) is 35.3 Å². The first-order valence-electron chi connectivity index (χ1n) is 8.42. The number of aromatic nitrogens is 1. The summed E-state index contributed by atoms with van der Waals surface area (Å²) in [4.78, 5) is 26.6. The average molecular weight is 330 g/mol. The third-order valence-corrected chi connectivity index (χ3v) is 4.17. The number of fused-ring (bicyclic) bond motifs is 1. The van der Waals surface area contributed by atoms with Crippen LogP contribution in [0.3, 0.4) is 0 Å². The largest absolute Gasteiger partial charge is 0.338 e. The second kappa shape index (κ2) is 8.49. The number of carbonyl (C=O) groups is 1. The van der Waals surface area contributed by atoms with Gasteiger partial charge in [-0.1, -0.05) is 32.0 Å². The standard InChI is InChI=1S/C18H26N4O2/c1-4-22(5-2)12-8-11-19-18(24)20-16-13-21(3)17(23)15-10-7-6-9-14(15)16/h6-7,9-10,13H,4-5,8,11-12H2,1-3H3,(H2,19,20,24). The van der Waals surface area contributed by atoms with Gasteiger partial charge in [-0.05, 0) is 32.1 Å². The molecule has 0 saturated carbocycles. The summed E-state index contributed by atoms with van der Waals surface area (Å²) in [6, 6.07) is 7.03. The van der Waals surface area contributed by atoms with Crippen LogP contribution >= 0.6 is 0 Å². The Morgan fingerprint density at radius 1 is 1.17 bits per heavy atom. The predicted molar refractivity (Wildman–Crippen MR) is 98.6 cm³/mol. The molecule has 2 amide bonds. The van der Waals surface area contributed by atoms with Crippen molar-refractivity contribution < 1.29 is 4.79 Å². The molecule has 0 saturated heterocycles. The van der Waals surface area contributed by atoms with Crippen LogP contribution in [0, 0.1) is 0 Å². The lowest BCUT2D eigenvalue weighted by Gasteiger charge is -2.17. The van der Waals surface area contributed by atoms with Gasteiger partial charge in [0.25, 0.3) is 5.56 Å². The number of carbonyl (C=O) groups excluding carboxylic acids is 1. The molecule has 1 aromatic heterocycles. The molecular formula is C18H26N4O2. The van der Waals surface area contributed by atoms with Crippen molar-refractivity contribution in [2.24, 2.45) is 7.05 Å². The minimum Gasteiger partial charge on any atom is -0.338 e. The molecule has 2 aromatic rings. The molecule has 0 radical (unpaired) electrons. The maximum Gasteiger partial charge on any atom is 0.319 e. The van der Waals surface area contributed by atoms with E-state index in [2.05, 4.69) is 29.4 Å². The summed E-state index contributed by atoms with van der Waals surface area (Å²) < 4.78 is 1.48. The molecule has 0 unspecified atom stereocenters. The van der Waals surface area contributed by atoms with Crippen molar-refractivity contribution in [2.75, 3.05) is 31.5 Å². The summed E-state index contributed by atoms with van der Waals surface area (Å²) in [7, 11) is 1.68. The molecule has 0 aliphatic rings. The quantitative estimate of drug-likeness (QED) is 0.766. The van der Waals surface area contributed by atoms with Gasteiger partial charge in [0.1, 0.15) is 0 Å². The highest BCUT2D eigenvalue weighted by molar-refractivity contribution is 6.00. The summed E-state index contributed by atoms with van der Waals surface area (Å²) in [5, 5.41) is 7.06. The second-order valence-electron chi connectivity index (χ2n) is 5.77. The number of aryl methyl sites for hydroxylation is 1. The third kappa shape index (κ3) is 4.35. The summed E-state index contributed by atoms with van der Waals surface area (Å²) in [5.41, 5.74) is 0.560. The predicted octanol–water partition coefficient (Wildman–Crippen LogP) is 2.39. The molecule has 130 valence electrons. The van der Waals surface area contributed by atoms with E-state index in [1.807, 2.05) is 18.2 Å². The Kier molecular flexibility index (Phi) is 6.37. The van der Waals surface area contributed by atoms with Crippen molar-refractivity contribution >= 4 is 22.5 Å². The van der Waals surface area contributed by atoms with Crippen LogP contribution < -0.4 is 16.2 Å². The molecule has 2 N–H and O–H groups in total. The molecule has 1 aromatic carbocycles. The number of pyridine rings is 1. The van der Waals surface area contributed by atoms with E-state index >= 15 is 0 Å². The Morgan fingerprint density at radius 2 is 1.83 bits per heavy atom. The molecule has 0 fully saturated rings. The normalized spacial score (nSPS) is 11.0. The van der Waals surface area contributed by atoms with E-state index < -0.39 is 0 Å². The monoisotopic (exact) mass is 330 g/mol. The summed E-state index contributed by atoms with van der Waals surface area (Å²) in [5.74, 6) is 0. The molecule has 0 spiro atoms. The molecule has 6 heteroatoms. The zero-order chi connectivity index (χ0) is 17.5. The van der Waals surface area contributed by atoms with Crippen LogP contribution in [0.2, 0.25) is 0 Å². The minimum atomic E-state index is -0.252. The van der Waals surface area contributed by atoms with Crippen molar-refractivity contribution in [1.82, 2.24) is 14.8 Å². The molecule has 24 heavy (non-hydrogen) atoms. The SMILES string of the molecule is CCN(CC)CCCNC(=O)Nc1cn(C)c(=O)c2ccccc12. The van der Waals surface area contributed by atoms with Gasteiger partial charge in [0.2, 0.25) is 0 Å². The van der Waals surface area contributed by atoms with Gasteiger partial charge < -0.3 is 20.1 Å². The van der Waals surface area contributed by atoms with E-state index in [-0.39, 0.29) is 11.6 Å². The van der Waals surface area contributed by atoms with Gasteiger partial charge in [0.05, 0.1) is 5.69 Å². The summed E-state index contributed by atoms with van der Waals surface area (Å²) in [6.07, 6.45) is 2.56. The van der Waals surface area contributed by atoms with E-state index in [4.69, 9.17) is 0 Å². The van der Waals surface area contributed by atoms with E-state index in [0.717, 1.165) is 31.4 Å². The lowest BCUT2D eigenvalue weighted by Crippen LogP contribution is -2.33. The van der Waals surface area contributed by atoms with Crippen LogP contribution in [0.25, 0.3) is 10.8 Å².